The zero-order valence-electron chi connectivity index (χ0n) is 11.3. The number of hydrogen-bond acceptors (Lipinski definition) is 4. The van der Waals surface area contributed by atoms with Gasteiger partial charge in [0.15, 0.2) is 5.11 Å². The lowest BCUT2D eigenvalue weighted by Crippen LogP contribution is -2.34. The van der Waals surface area contributed by atoms with Crippen molar-refractivity contribution in [1.29, 1.82) is 0 Å². The Kier molecular flexibility index (Phi) is 4.73. The van der Waals surface area contributed by atoms with Crippen molar-refractivity contribution in [3.63, 3.8) is 0 Å². The molecule has 0 heterocycles. The maximum absolute atomic E-state index is 11.9. The highest BCUT2D eigenvalue weighted by molar-refractivity contribution is 7.80. The lowest BCUT2D eigenvalue weighted by Gasteiger charge is -2.10. The molecule has 108 valence electrons. The van der Waals surface area contributed by atoms with Crippen LogP contribution in [0.5, 0.6) is 11.5 Å². The first kappa shape index (κ1) is 14.8. The number of phenols is 1. The first-order chi connectivity index (χ1) is 10.1. The van der Waals surface area contributed by atoms with Gasteiger partial charge in [-0.25, -0.2) is 0 Å². The minimum atomic E-state index is -0.346. The molecule has 5 nitrogen and oxygen atoms in total. The third-order valence-corrected chi connectivity index (χ3v) is 2.91. The Labute approximate surface area is 127 Å². The molecular weight excluding hydrogens is 288 g/mol. The van der Waals surface area contributed by atoms with Crippen LogP contribution in [0.4, 0.5) is 5.69 Å². The van der Waals surface area contributed by atoms with Crippen LogP contribution in [0.15, 0.2) is 48.5 Å². The Morgan fingerprint density at radius 3 is 2.29 bits per heavy atom. The number of carbonyl (C=O) groups excluding carboxylic acids is 1. The Bertz CT molecular complexity index is 639. The van der Waals surface area contributed by atoms with Crippen molar-refractivity contribution >= 4 is 28.9 Å². The van der Waals surface area contributed by atoms with Crippen LogP contribution in [0.1, 0.15) is 10.4 Å². The number of ether oxygens (including phenoxy) is 1. The molecule has 0 atom stereocenters. The smallest absolute Gasteiger partial charge is 0.257 e. The summed E-state index contributed by atoms with van der Waals surface area (Å²) in [6, 6.07) is 13.1. The number of anilines is 1. The number of methoxy groups -OCH3 is 1. The molecule has 2 aromatic carbocycles. The van der Waals surface area contributed by atoms with E-state index in [9.17, 15) is 9.90 Å². The number of aromatic hydroxyl groups is 1. The SMILES string of the molecule is COc1ccc(NC(=S)NC(=O)c2ccc(O)cc2)cc1. The Morgan fingerprint density at radius 1 is 1.10 bits per heavy atom. The highest BCUT2D eigenvalue weighted by Crippen LogP contribution is 2.15. The van der Waals surface area contributed by atoms with Crippen molar-refractivity contribution in [1.82, 2.24) is 5.32 Å². The van der Waals surface area contributed by atoms with Crippen LogP contribution < -0.4 is 15.4 Å². The second-order valence-corrected chi connectivity index (χ2v) is 4.59. The third-order valence-electron chi connectivity index (χ3n) is 2.70. The molecule has 0 fully saturated rings. The molecule has 0 unspecified atom stereocenters. The van der Waals surface area contributed by atoms with Crippen LogP contribution in [0.3, 0.4) is 0 Å². The molecule has 2 aromatic rings. The van der Waals surface area contributed by atoms with Crippen LogP contribution in [-0.2, 0) is 0 Å². The van der Waals surface area contributed by atoms with Gasteiger partial charge in [0.05, 0.1) is 7.11 Å². The van der Waals surface area contributed by atoms with Gasteiger partial charge >= 0.3 is 0 Å². The van der Waals surface area contributed by atoms with E-state index < -0.39 is 0 Å². The molecule has 0 aromatic heterocycles. The van der Waals surface area contributed by atoms with Crippen LogP contribution in [0, 0.1) is 0 Å². The second-order valence-electron chi connectivity index (χ2n) is 4.18. The van der Waals surface area contributed by atoms with Gasteiger partial charge in [0.1, 0.15) is 11.5 Å². The monoisotopic (exact) mass is 302 g/mol. The average molecular weight is 302 g/mol. The fourth-order valence-corrected chi connectivity index (χ4v) is 1.84. The molecular formula is C15H14N2O3S. The quantitative estimate of drug-likeness (QED) is 0.760. The van der Waals surface area contributed by atoms with E-state index in [0.717, 1.165) is 11.4 Å². The van der Waals surface area contributed by atoms with E-state index in [4.69, 9.17) is 17.0 Å². The third kappa shape index (κ3) is 4.19. The number of thiocarbonyl (C=S) groups is 1. The highest BCUT2D eigenvalue weighted by Gasteiger charge is 2.07. The lowest BCUT2D eigenvalue weighted by molar-refractivity contribution is 0.0977. The van der Waals surface area contributed by atoms with E-state index >= 15 is 0 Å². The number of phenolic OH excluding ortho intramolecular Hbond substituents is 1. The van der Waals surface area contributed by atoms with Gasteiger partial charge in [0.2, 0.25) is 0 Å². The molecule has 0 spiro atoms. The van der Waals surface area contributed by atoms with Gasteiger partial charge in [-0.1, -0.05) is 0 Å². The maximum atomic E-state index is 11.9. The first-order valence-corrected chi connectivity index (χ1v) is 6.55. The zero-order valence-corrected chi connectivity index (χ0v) is 12.1. The van der Waals surface area contributed by atoms with Gasteiger partial charge in [0, 0.05) is 11.3 Å². The Hall–Kier alpha value is -2.60. The van der Waals surface area contributed by atoms with Crippen LogP contribution in [-0.4, -0.2) is 23.2 Å². The number of benzene rings is 2. The molecule has 21 heavy (non-hydrogen) atoms. The molecule has 0 aliphatic heterocycles. The molecule has 0 saturated heterocycles. The predicted molar refractivity (Wildman–Crippen MR) is 84.8 cm³/mol. The minimum absolute atomic E-state index is 0.102. The zero-order chi connectivity index (χ0) is 15.2. The van der Waals surface area contributed by atoms with Crippen LogP contribution in [0.25, 0.3) is 0 Å². The summed E-state index contributed by atoms with van der Waals surface area (Å²) in [4.78, 5) is 11.9. The Balaban J connectivity index is 1.94. The molecule has 2 rings (SSSR count). The van der Waals surface area contributed by atoms with Gasteiger partial charge in [-0.3, -0.25) is 10.1 Å². The number of carbonyl (C=O) groups is 1. The van der Waals surface area contributed by atoms with Crippen molar-refractivity contribution in [2.45, 2.75) is 0 Å². The fraction of sp³-hybridized carbons (Fsp3) is 0.0667. The van der Waals surface area contributed by atoms with Gasteiger partial charge in [0.25, 0.3) is 5.91 Å². The molecule has 6 heteroatoms. The fourth-order valence-electron chi connectivity index (χ4n) is 1.62. The van der Waals surface area contributed by atoms with E-state index in [-0.39, 0.29) is 16.8 Å². The van der Waals surface area contributed by atoms with Gasteiger partial charge < -0.3 is 15.2 Å². The summed E-state index contributed by atoms with van der Waals surface area (Å²) in [5.74, 6) is 0.492. The summed E-state index contributed by atoms with van der Waals surface area (Å²) in [7, 11) is 1.59. The number of rotatable bonds is 3. The van der Waals surface area contributed by atoms with Crippen LogP contribution >= 0.6 is 12.2 Å². The number of nitrogens with one attached hydrogen (secondary N) is 2. The minimum Gasteiger partial charge on any atom is -0.508 e. The summed E-state index contributed by atoms with van der Waals surface area (Å²) in [5.41, 5.74) is 1.15. The van der Waals surface area contributed by atoms with Crippen molar-refractivity contribution < 1.29 is 14.6 Å². The number of hydrogen-bond donors (Lipinski definition) is 3. The van der Waals surface area contributed by atoms with Gasteiger partial charge in [-0.05, 0) is 60.7 Å². The van der Waals surface area contributed by atoms with Crippen molar-refractivity contribution in [3.8, 4) is 11.5 Å². The van der Waals surface area contributed by atoms with E-state index in [0.29, 0.717) is 5.56 Å². The predicted octanol–water partition coefficient (Wildman–Crippen LogP) is 2.53. The van der Waals surface area contributed by atoms with E-state index in [2.05, 4.69) is 10.6 Å². The lowest BCUT2D eigenvalue weighted by atomic mass is 10.2. The van der Waals surface area contributed by atoms with Gasteiger partial charge in [-0.15, -0.1) is 0 Å². The molecule has 0 aliphatic rings. The summed E-state index contributed by atoms with van der Waals surface area (Å²) < 4.78 is 5.06. The average Bonchev–Trinajstić information content (AvgIpc) is 2.48. The van der Waals surface area contributed by atoms with Crippen molar-refractivity contribution in [2.24, 2.45) is 0 Å². The van der Waals surface area contributed by atoms with Crippen molar-refractivity contribution in [2.75, 3.05) is 12.4 Å². The maximum Gasteiger partial charge on any atom is 0.257 e. The summed E-state index contributed by atoms with van der Waals surface area (Å²) in [6.07, 6.45) is 0. The summed E-state index contributed by atoms with van der Waals surface area (Å²) >= 11 is 5.08. The number of amides is 1. The van der Waals surface area contributed by atoms with Crippen LogP contribution in [0.2, 0.25) is 0 Å². The molecule has 0 aliphatic carbocycles. The largest absolute Gasteiger partial charge is 0.508 e. The van der Waals surface area contributed by atoms with E-state index in [1.807, 2.05) is 0 Å². The summed E-state index contributed by atoms with van der Waals surface area (Å²) in [6.45, 7) is 0. The standard InChI is InChI=1S/C15H14N2O3S/c1-20-13-8-4-11(5-9-13)16-15(21)17-14(19)10-2-6-12(18)7-3-10/h2-9,18H,1H3,(H2,16,17,19,21). The molecule has 0 radical (unpaired) electrons. The molecule has 0 saturated carbocycles. The molecule has 3 N–H and O–H groups in total. The van der Waals surface area contributed by atoms with E-state index in [1.165, 1.54) is 24.3 Å². The van der Waals surface area contributed by atoms with Gasteiger partial charge in [-0.2, -0.15) is 0 Å². The van der Waals surface area contributed by atoms with E-state index in [1.54, 1.807) is 31.4 Å². The summed E-state index contributed by atoms with van der Waals surface area (Å²) in [5, 5.41) is 14.8. The normalized spacial score (nSPS) is 9.76. The molecule has 1 amide bonds. The first-order valence-electron chi connectivity index (χ1n) is 6.14. The highest BCUT2D eigenvalue weighted by atomic mass is 32.1. The Morgan fingerprint density at radius 2 is 1.71 bits per heavy atom. The molecule has 0 bridgehead atoms. The second kappa shape index (κ2) is 6.71. The van der Waals surface area contributed by atoms with Crippen molar-refractivity contribution in [3.05, 3.63) is 54.1 Å². The topological polar surface area (TPSA) is 70.6 Å².